The molecule has 36 heavy (non-hydrogen) atoms. The van der Waals surface area contributed by atoms with E-state index in [1.807, 2.05) is 0 Å². The van der Waals surface area contributed by atoms with E-state index >= 15 is 0 Å². The zero-order valence-corrected chi connectivity index (χ0v) is 23.6. The van der Waals surface area contributed by atoms with Crippen LogP contribution in [0.3, 0.4) is 0 Å². The summed E-state index contributed by atoms with van der Waals surface area (Å²) >= 11 is 0. The summed E-state index contributed by atoms with van der Waals surface area (Å²) < 4.78 is 0. The average Bonchev–Trinajstić information content (AvgIpc) is 2.86. The Hall–Kier alpha value is -0.480. The molecule has 0 fully saturated rings. The summed E-state index contributed by atoms with van der Waals surface area (Å²) in [5, 5.41) is 7.03. The number of nitrogens with two attached hydrogens (primary N) is 6. The summed E-state index contributed by atoms with van der Waals surface area (Å²) in [7, 11) is 0. The largest absolute Gasteiger partial charge is 0.329 e. The van der Waals surface area contributed by atoms with E-state index in [-0.39, 0.29) is 5.54 Å². The highest BCUT2D eigenvalue weighted by Gasteiger charge is 2.23. The highest BCUT2D eigenvalue weighted by molar-refractivity contribution is 4.83. The van der Waals surface area contributed by atoms with Gasteiger partial charge in [0.1, 0.15) is 0 Å². The lowest BCUT2D eigenvalue weighted by molar-refractivity contribution is 0.131. The van der Waals surface area contributed by atoms with Gasteiger partial charge in [0.2, 0.25) is 0 Å². The number of hydrogen-bond donors (Lipinski definition) is 8. The van der Waals surface area contributed by atoms with E-state index in [1.165, 1.54) is 0 Å². The van der Waals surface area contributed by atoms with Gasteiger partial charge < -0.3 is 45.0 Å². The molecular weight excluding hydrogens is 456 g/mol. The molecular formula is C24H62N12. The molecule has 0 aromatic heterocycles. The maximum atomic E-state index is 5.97. The van der Waals surface area contributed by atoms with Crippen LogP contribution in [0, 0.1) is 0 Å². The number of rotatable bonds is 27. The van der Waals surface area contributed by atoms with Gasteiger partial charge in [-0.2, -0.15) is 0 Å². The van der Waals surface area contributed by atoms with Gasteiger partial charge in [0.15, 0.2) is 0 Å². The highest BCUT2D eigenvalue weighted by Crippen LogP contribution is 2.11. The van der Waals surface area contributed by atoms with Crippen molar-refractivity contribution in [2.45, 2.75) is 19.4 Å². The SMILES string of the molecule is CC(C)(CN)N(CCN)CCNCCN(CCNCCN)CCN(CCN)CCN(CCN)CCN. The smallest absolute Gasteiger partial charge is 0.0276 e. The fourth-order valence-electron chi connectivity index (χ4n) is 4.16. The summed E-state index contributed by atoms with van der Waals surface area (Å²) in [4.78, 5) is 9.67. The van der Waals surface area contributed by atoms with Crippen LogP contribution in [0.25, 0.3) is 0 Å². The summed E-state index contributed by atoms with van der Waals surface area (Å²) in [6, 6.07) is 0. The van der Waals surface area contributed by atoms with Crippen molar-refractivity contribution in [1.29, 1.82) is 0 Å². The van der Waals surface area contributed by atoms with E-state index in [0.29, 0.717) is 39.3 Å². The van der Waals surface area contributed by atoms with Gasteiger partial charge in [-0.15, -0.1) is 0 Å². The van der Waals surface area contributed by atoms with Gasteiger partial charge >= 0.3 is 0 Å². The first-order valence-electron chi connectivity index (χ1n) is 13.9. The molecule has 0 heterocycles. The fourth-order valence-corrected chi connectivity index (χ4v) is 4.16. The van der Waals surface area contributed by atoms with Crippen molar-refractivity contribution in [1.82, 2.24) is 30.2 Å². The molecule has 0 saturated heterocycles. The van der Waals surface area contributed by atoms with Crippen molar-refractivity contribution in [2.75, 3.05) is 137 Å². The molecule has 12 nitrogen and oxygen atoms in total. The lowest BCUT2D eigenvalue weighted by atomic mass is 10.0. The minimum atomic E-state index is -0.0436. The standard InChI is InChI=1S/C24H62N12/c1-24(2,23-30)36(15-7-29)18-11-32-10-17-35(16-9-31-8-3-25)22-21-34(14-6-28)20-19-33(12-4-26)13-5-27/h31-32H,3-23,25-30H2,1-2H3. The van der Waals surface area contributed by atoms with Gasteiger partial charge in [0.25, 0.3) is 0 Å². The predicted molar refractivity (Wildman–Crippen MR) is 155 cm³/mol. The molecule has 0 saturated carbocycles. The summed E-state index contributed by atoms with van der Waals surface area (Å²) in [5.74, 6) is 0. The third-order valence-electron chi connectivity index (χ3n) is 6.64. The first kappa shape index (κ1) is 35.5. The van der Waals surface area contributed by atoms with E-state index in [0.717, 1.165) is 98.2 Å². The molecule has 0 aromatic carbocycles. The maximum absolute atomic E-state index is 5.97. The van der Waals surface area contributed by atoms with E-state index in [9.17, 15) is 0 Å². The topological polar surface area (TPSA) is 193 Å². The Morgan fingerprint density at radius 3 is 1.25 bits per heavy atom. The zero-order valence-electron chi connectivity index (χ0n) is 23.6. The molecule has 0 aliphatic rings. The molecule has 0 rings (SSSR count). The average molecular weight is 519 g/mol. The van der Waals surface area contributed by atoms with E-state index < -0.39 is 0 Å². The minimum Gasteiger partial charge on any atom is -0.329 e. The molecule has 12 heteroatoms. The molecule has 0 aliphatic heterocycles. The Balaban J connectivity index is 4.68. The Labute approximate surface area is 221 Å². The van der Waals surface area contributed by atoms with Gasteiger partial charge in [-0.05, 0) is 13.8 Å². The molecule has 0 bridgehead atoms. The van der Waals surface area contributed by atoms with Crippen molar-refractivity contribution in [3.63, 3.8) is 0 Å². The van der Waals surface area contributed by atoms with Crippen LogP contribution in [0.5, 0.6) is 0 Å². The molecule has 218 valence electrons. The van der Waals surface area contributed by atoms with Crippen molar-refractivity contribution in [3.8, 4) is 0 Å². The first-order valence-corrected chi connectivity index (χ1v) is 13.9. The van der Waals surface area contributed by atoms with Crippen LogP contribution in [-0.4, -0.2) is 163 Å². The summed E-state index contributed by atoms with van der Waals surface area (Å²) in [6.45, 7) is 22.2. The van der Waals surface area contributed by atoms with Crippen LogP contribution in [0.4, 0.5) is 0 Å². The third kappa shape index (κ3) is 17.9. The summed E-state index contributed by atoms with van der Waals surface area (Å²) in [5.41, 5.74) is 34.8. The third-order valence-corrected chi connectivity index (χ3v) is 6.64. The van der Waals surface area contributed by atoms with Crippen LogP contribution < -0.4 is 45.0 Å². The molecule has 0 unspecified atom stereocenters. The van der Waals surface area contributed by atoms with Gasteiger partial charge in [-0.25, -0.2) is 0 Å². The molecule has 0 spiro atoms. The molecule has 0 amide bonds. The summed E-state index contributed by atoms with van der Waals surface area (Å²) in [6.07, 6.45) is 0. The molecule has 0 atom stereocenters. The molecule has 0 aliphatic carbocycles. The van der Waals surface area contributed by atoms with E-state index in [4.69, 9.17) is 34.4 Å². The minimum absolute atomic E-state index is 0.0436. The quantitative estimate of drug-likeness (QED) is 0.0491. The van der Waals surface area contributed by atoms with Crippen LogP contribution in [0.1, 0.15) is 13.8 Å². The second kappa shape index (κ2) is 23.6. The Morgan fingerprint density at radius 2 is 0.833 bits per heavy atom. The lowest BCUT2D eigenvalue weighted by Crippen LogP contribution is -2.53. The second-order valence-electron chi connectivity index (χ2n) is 9.97. The number of hydrogen-bond acceptors (Lipinski definition) is 12. The van der Waals surface area contributed by atoms with Gasteiger partial charge in [-0.3, -0.25) is 19.6 Å². The molecule has 0 radical (unpaired) electrons. The normalized spacial score (nSPS) is 12.7. The Morgan fingerprint density at radius 1 is 0.444 bits per heavy atom. The number of nitrogens with zero attached hydrogens (tertiary/aromatic N) is 4. The van der Waals surface area contributed by atoms with Crippen LogP contribution >= 0.6 is 0 Å². The van der Waals surface area contributed by atoms with Gasteiger partial charge in [-0.1, -0.05) is 0 Å². The maximum Gasteiger partial charge on any atom is 0.0276 e. The van der Waals surface area contributed by atoms with Crippen molar-refractivity contribution >= 4 is 0 Å². The number of nitrogens with one attached hydrogen (secondary N) is 2. The first-order chi connectivity index (χ1) is 17.4. The zero-order chi connectivity index (χ0) is 27.1. The van der Waals surface area contributed by atoms with E-state index in [1.54, 1.807) is 0 Å². The van der Waals surface area contributed by atoms with Crippen molar-refractivity contribution in [3.05, 3.63) is 0 Å². The van der Waals surface area contributed by atoms with Crippen molar-refractivity contribution < 1.29 is 0 Å². The van der Waals surface area contributed by atoms with Gasteiger partial charge in [0, 0.05) is 143 Å². The predicted octanol–water partition coefficient (Wildman–Crippen LogP) is -4.10. The van der Waals surface area contributed by atoms with Crippen LogP contribution in [0.2, 0.25) is 0 Å². The van der Waals surface area contributed by atoms with Crippen LogP contribution in [-0.2, 0) is 0 Å². The molecule has 0 aromatic rings. The Kier molecular flexibility index (Phi) is 23.3. The monoisotopic (exact) mass is 519 g/mol. The second-order valence-corrected chi connectivity index (χ2v) is 9.97. The van der Waals surface area contributed by atoms with Crippen LogP contribution in [0.15, 0.2) is 0 Å². The van der Waals surface area contributed by atoms with E-state index in [2.05, 4.69) is 44.1 Å². The molecule has 14 N–H and O–H groups in total. The fraction of sp³-hybridized carbons (Fsp3) is 1.00. The highest BCUT2D eigenvalue weighted by atomic mass is 15.2. The lowest BCUT2D eigenvalue weighted by Gasteiger charge is -2.37. The Bertz CT molecular complexity index is 462. The van der Waals surface area contributed by atoms with Gasteiger partial charge in [0.05, 0.1) is 0 Å². The van der Waals surface area contributed by atoms with Crippen molar-refractivity contribution in [2.24, 2.45) is 34.4 Å².